The van der Waals surface area contributed by atoms with Gasteiger partial charge in [0.25, 0.3) is 0 Å². The summed E-state index contributed by atoms with van der Waals surface area (Å²) < 4.78 is 7.16. The number of aryl methyl sites for hydroxylation is 1. The van der Waals surface area contributed by atoms with Gasteiger partial charge in [0.15, 0.2) is 0 Å². The van der Waals surface area contributed by atoms with Crippen molar-refractivity contribution in [1.82, 2.24) is 19.7 Å². The van der Waals surface area contributed by atoms with Crippen LogP contribution in [0.3, 0.4) is 0 Å². The van der Waals surface area contributed by atoms with Gasteiger partial charge in [-0.2, -0.15) is 5.10 Å². The minimum atomic E-state index is 0.757. The number of methoxy groups -OCH3 is 1. The van der Waals surface area contributed by atoms with Crippen LogP contribution < -0.4 is 9.64 Å². The fraction of sp³-hybridized carbons (Fsp3) is 0.316. The van der Waals surface area contributed by atoms with Gasteiger partial charge in [-0.05, 0) is 31.4 Å². The molecule has 0 amide bonds. The van der Waals surface area contributed by atoms with Crippen LogP contribution in [0.4, 0.5) is 5.82 Å². The van der Waals surface area contributed by atoms with Gasteiger partial charge in [-0.25, -0.2) is 14.6 Å². The summed E-state index contributed by atoms with van der Waals surface area (Å²) in [5.74, 6) is 1.86. The molecule has 1 aliphatic rings. The van der Waals surface area contributed by atoms with Crippen LogP contribution in [0.2, 0.25) is 0 Å². The molecule has 0 spiro atoms. The molecule has 25 heavy (non-hydrogen) atoms. The van der Waals surface area contributed by atoms with E-state index in [9.17, 15) is 0 Å². The van der Waals surface area contributed by atoms with Gasteiger partial charge >= 0.3 is 0 Å². The largest absolute Gasteiger partial charge is 0.497 e. The van der Waals surface area contributed by atoms with Crippen molar-refractivity contribution in [3.8, 4) is 11.4 Å². The van der Waals surface area contributed by atoms with E-state index in [1.165, 1.54) is 17.7 Å². The highest BCUT2D eigenvalue weighted by Crippen LogP contribution is 2.28. The number of anilines is 1. The molecular formula is C19H21N5O. The van der Waals surface area contributed by atoms with Crippen LogP contribution in [0.5, 0.6) is 5.75 Å². The lowest BCUT2D eigenvalue weighted by Crippen LogP contribution is -2.19. The third-order valence-electron chi connectivity index (χ3n) is 4.59. The van der Waals surface area contributed by atoms with E-state index >= 15 is 0 Å². The number of fused-ring (bicyclic) bond motifs is 1. The lowest BCUT2D eigenvalue weighted by atomic mass is 10.2. The van der Waals surface area contributed by atoms with Gasteiger partial charge in [-0.3, -0.25) is 0 Å². The molecule has 0 fully saturated rings. The molecule has 0 saturated carbocycles. The van der Waals surface area contributed by atoms with Crippen LogP contribution in [0.25, 0.3) is 5.69 Å². The molecule has 128 valence electrons. The highest BCUT2D eigenvalue weighted by Gasteiger charge is 2.19. The predicted octanol–water partition coefficient (Wildman–Crippen LogP) is 2.80. The molecule has 3 aromatic rings. The minimum Gasteiger partial charge on any atom is -0.497 e. The summed E-state index contributed by atoms with van der Waals surface area (Å²) in [5.41, 5.74) is 4.61. The number of aromatic nitrogens is 4. The van der Waals surface area contributed by atoms with Crippen molar-refractivity contribution in [3.05, 3.63) is 59.8 Å². The maximum atomic E-state index is 5.28. The Kier molecular flexibility index (Phi) is 4.09. The number of rotatable bonds is 5. The maximum Gasteiger partial charge on any atom is 0.135 e. The first-order valence-corrected chi connectivity index (χ1v) is 8.46. The summed E-state index contributed by atoms with van der Waals surface area (Å²) in [6, 6.07) is 7.88. The first kappa shape index (κ1) is 15.6. The Hall–Kier alpha value is -2.89. The standard InChI is InChI=1S/C19H21N5O/c1-23(19-17-7-4-8-18(17)20-13-21-19)11-14-10-22-24(12-14)15-5-3-6-16(9-15)25-2/h3,5-6,9-10,12-13H,4,7-8,11H2,1-2H3. The second-order valence-corrected chi connectivity index (χ2v) is 6.33. The molecule has 4 rings (SSSR count). The van der Waals surface area contributed by atoms with Crippen molar-refractivity contribution in [2.45, 2.75) is 25.8 Å². The minimum absolute atomic E-state index is 0.757. The molecule has 0 saturated heterocycles. The zero-order valence-electron chi connectivity index (χ0n) is 14.5. The summed E-state index contributed by atoms with van der Waals surface area (Å²) >= 11 is 0. The maximum absolute atomic E-state index is 5.28. The Morgan fingerprint density at radius 1 is 1.24 bits per heavy atom. The molecule has 0 aliphatic heterocycles. The van der Waals surface area contributed by atoms with Gasteiger partial charge in [0.05, 0.1) is 19.0 Å². The van der Waals surface area contributed by atoms with Crippen molar-refractivity contribution in [2.24, 2.45) is 0 Å². The topological polar surface area (TPSA) is 56.1 Å². The second kappa shape index (κ2) is 6.55. The zero-order valence-corrected chi connectivity index (χ0v) is 14.5. The highest BCUT2D eigenvalue weighted by molar-refractivity contribution is 5.50. The van der Waals surface area contributed by atoms with E-state index in [0.717, 1.165) is 42.2 Å². The van der Waals surface area contributed by atoms with Crippen LogP contribution in [-0.2, 0) is 19.4 Å². The van der Waals surface area contributed by atoms with Crippen LogP contribution in [0.1, 0.15) is 23.2 Å². The third-order valence-corrected chi connectivity index (χ3v) is 4.59. The molecule has 0 N–H and O–H groups in total. The quantitative estimate of drug-likeness (QED) is 0.718. The van der Waals surface area contributed by atoms with E-state index in [1.54, 1.807) is 13.4 Å². The van der Waals surface area contributed by atoms with Gasteiger partial charge in [-0.1, -0.05) is 6.07 Å². The Bertz CT molecular complexity index is 889. The zero-order chi connectivity index (χ0) is 17.2. The third kappa shape index (κ3) is 3.07. The summed E-state index contributed by atoms with van der Waals surface area (Å²) in [5, 5.41) is 4.48. The van der Waals surface area contributed by atoms with Gasteiger partial charge in [-0.15, -0.1) is 0 Å². The Balaban J connectivity index is 1.54. The van der Waals surface area contributed by atoms with Crippen molar-refractivity contribution in [1.29, 1.82) is 0 Å². The molecule has 1 aliphatic carbocycles. The molecule has 6 nitrogen and oxygen atoms in total. The van der Waals surface area contributed by atoms with Crippen molar-refractivity contribution in [2.75, 3.05) is 19.1 Å². The lowest BCUT2D eigenvalue weighted by molar-refractivity contribution is 0.414. The summed E-state index contributed by atoms with van der Waals surface area (Å²) in [6.45, 7) is 0.757. The molecule has 0 radical (unpaired) electrons. The van der Waals surface area contributed by atoms with E-state index in [4.69, 9.17) is 4.74 Å². The number of ether oxygens (including phenoxy) is 1. The smallest absolute Gasteiger partial charge is 0.135 e. The molecule has 2 aromatic heterocycles. The van der Waals surface area contributed by atoms with E-state index in [-0.39, 0.29) is 0 Å². The van der Waals surface area contributed by atoms with Crippen LogP contribution in [-0.4, -0.2) is 33.9 Å². The molecular weight excluding hydrogens is 314 g/mol. The fourth-order valence-corrected chi connectivity index (χ4v) is 3.36. The molecule has 0 atom stereocenters. The molecule has 6 heteroatoms. The lowest BCUT2D eigenvalue weighted by Gasteiger charge is -2.19. The molecule has 0 unspecified atom stereocenters. The Morgan fingerprint density at radius 2 is 2.16 bits per heavy atom. The highest BCUT2D eigenvalue weighted by atomic mass is 16.5. The normalized spacial score (nSPS) is 12.9. The van der Waals surface area contributed by atoms with Crippen LogP contribution >= 0.6 is 0 Å². The van der Waals surface area contributed by atoms with Gasteiger partial charge in [0.2, 0.25) is 0 Å². The first-order valence-electron chi connectivity index (χ1n) is 8.46. The monoisotopic (exact) mass is 335 g/mol. The second-order valence-electron chi connectivity index (χ2n) is 6.33. The van der Waals surface area contributed by atoms with Crippen molar-refractivity contribution < 1.29 is 4.74 Å². The van der Waals surface area contributed by atoms with Crippen molar-refractivity contribution in [3.63, 3.8) is 0 Å². The first-order chi connectivity index (χ1) is 12.2. The molecule has 1 aromatic carbocycles. The number of nitrogens with zero attached hydrogens (tertiary/aromatic N) is 5. The summed E-state index contributed by atoms with van der Waals surface area (Å²) in [6.07, 6.45) is 8.92. The number of hydrogen-bond donors (Lipinski definition) is 0. The number of hydrogen-bond acceptors (Lipinski definition) is 5. The van der Waals surface area contributed by atoms with E-state index < -0.39 is 0 Å². The van der Waals surface area contributed by atoms with E-state index in [1.807, 2.05) is 41.3 Å². The van der Waals surface area contributed by atoms with Crippen LogP contribution in [0.15, 0.2) is 43.0 Å². The molecule has 0 bridgehead atoms. The Labute approximate surface area is 147 Å². The Morgan fingerprint density at radius 3 is 3.04 bits per heavy atom. The van der Waals surface area contributed by atoms with Gasteiger partial charge < -0.3 is 9.64 Å². The summed E-state index contributed by atoms with van der Waals surface area (Å²) in [4.78, 5) is 11.1. The fourth-order valence-electron chi connectivity index (χ4n) is 3.36. The van der Waals surface area contributed by atoms with E-state index in [2.05, 4.69) is 27.0 Å². The molecule has 2 heterocycles. The van der Waals surface area contributed by atoms with Crippen molar-refractivity contribution >= 4 is 5.82 Å². The predicted molar refractivity (Wildman–Crippen MR) is 96.3 cm³/mol. The van der Waals surface area contributed by atoms with Crippen LogP contribution in [0, 0.1) is 0 Å². The average molecular weight is 335 g/mol. The van der Waals surface area contributed by atoms with Gasteiger partial charge in [0.1, 0.15) is 17.9 Å². The number of benzene rings is 1. The summed E-state index contributed by atoms with van der Waals surface area (Å²) in [7, 11) is 3.74. The van der Waals surface area contributed by atoms with Gasteiger partial charge in [0, 0.05) is 42.7 Å². The average Bonchev–Trinajstić information content (AvgIpc) is 3.30. The SMILES string of the molecule is COc1cccc(-n2cc(CN(C)c3ncnc4c3CCC4)cn2)c1. The van der Waals surface area contributed by atoms with E-state index in [0.29, 0.717) is 0 Å².